The third kappa shape index (κ3) is 0.878. The fourth-order valence-corrected chi connectivity index (χ4v) is 1.60. The maximum atomic E-state index is 11.2. The molecule has 0 saturated carbocycles. The summed E-state index contributed by atoms with van der Waals surface area (Å²) in [5.74, 6) is 0. The summed E-state index contributed by atoms with van der Waals surface area (Å²) in [6.07, 6.45) is 1.33. The van der Waals surface area contributed by atoms with Crippen LogP contribution in [0.2, 0.25) is 0 Å². The number of fused-ring (bicyclic) bond motifs is 1. The van der Waals surface area contributed by atoms with E-state index < -0.39 is 0 Å². The van der Waals surface area contributed by atoms with Gasteiger partial charge in [-0.3, -0.25) is 4.79 Å². The lowest BCUT2D eigenvalue weighted by atomic mass is 10.4. The van der Waals surface area contributed by atoms with Gasteiger partial charge in [0, 0.05) is 0 Å². The highest BCUT2D eigenvalue weighted by molar-refractivity contribution is 9.10. The van der Waals surface area contributed by atoms with Crippen LogP contribution in [0.25, 0.3) is 5.52 Å². The van der Waals surface area contributed by atoms with Crippen LogP contribution in [0.15, 0.2) is 15.9 Å². The second-order valence-electron chi connectivity index (χ2n) is 2.34. The van der Waals surface area contributed by atoms with Crippen molar-refractivity contribution in [2.45, 2.75) is 6.92 Å². The second-order valence-corrected chi connectivity index (χ2v) is 3.05. The molecular weight excluding hydrogens is 224 g/mol. The Morgan fingerprint density at radius 1 is 1.67 bits per heavy atom. The maximum absolute atomic E-state index is 11.2. The summed E-state index contributed by atoms with van der Waals surface area (Å²) >= 11 is 3.19. The monoisotopic (exact) mass is 228 g/mol. The average Bonchev–Trinajstić information content (AvgIpc) is 2.29. The topological polar surface area (TPSA) is 63.1 Å². The average molecular weight is 229 g/mol. The number of halogens is 1. The molecule has 0 aliphatic heterocycles. The zero-order valence-electron chi connectivity index (χ0n) is 6.21. The van der Waals surface area contributed by atoms with Crippen LogP contribution in [0, 0.1) is 6.92 Å². The molecule has 5 nitrogen and oxygen atoms in total. The van der Waals surface area contributed by atoms with Gasteiger partial charge in [-0.2, -0.15) is 5.10 Å². The molecule has 0 aliphatic carbocycles. The van der Waals surface area contributed by atoms with E-state index in [2.05, 4.69) is 31.0 Å². The zero-order chi connectivity index (χ0) is 8.72. The molecule has 2 aromatic rings. The van der Waals surface area contributed by atoms with E-state index >= 15 is 0 Å². The minimum atomic E-state index is -0.180. The number of aromatic nitrogens is 4. The van der Waals surface area contributed by atoms with E-state index in [0.29, 0.717) is 15.9 Å². The Morgan fingerprint density at radius 3 is 3.08 bits per heavy atom. The van der Waals surface area contributed by atoms with Crippen LogP contribution >= 0.6 is 15.9 Å². The van der Waals surface area contributed by atoms with Gasteiger partial charge in [0.2, 0.25) is 0 Å². The SMILES string of the molecule is Cc1nc(Br)n2nc[nH]c(=O)c12. The molecule has 0 bridgehead atoms. The van der Waals surface area contributed by atoms with Crippen molar-refractivity contribution < 1.29 is 0 Å². The van der Waals surface area contributed by atoms with Crippen molar-refractivity contribution in [1.82, 2.24) is 19.6 Å². The van der Waals surface area contributed by atoms with Crippen LogP contribution in [0.4, 0.5) is 0 Å². The van der Waals surface area contributed by atoms with Crippen LogP contribution in [0.5, 0.6) is 0 Å². The van der Waals surface area contributed by atoms with Gasteiger partial charge in [0.1, 0.15) is 6.33 Å². The number of nitrogens with one attached hydrogen (secondary N) is 1. The molecule has 0 atom stereocenters. The van der Waals surface area contributed by atoms with E-state index in [-0.39, 0.29) is 5.56 Å². The van der Waals surface area contributed by atoms with Crippen molar-refractivity contribution in [2.75, 3.05) is 0 Å². The number of imidazole rings is 1. The molecule has 0 radical (unpaired) electrons. The van der Waals surface area contributed by atoms with E-state index in [0.717, 1.165) is 0 Å². The molecule has 0 spiro atoms. The minimum Gasteiger partial charge on any atom is -0.310 e. The Balaban J connectivity index is 3.09. The number of H-pyrrole nitrogens is 1. The summed E-state index contributed by atoms with van der Waals surface area (Å²) in [6.45, 7) is 1.76. The van der Waals surface area contributed by atoms with Gasteiger partial charge in [-0.25, -0.2) is 9.50 Å². The molecule has 2 rings (SSSR count). The lowest BCUT2D eigenvalue weighted by Crippen LogP contribution is -2.11. The number of hydrogen-bond donors (Lipinski definition) is 1. The number of aromatic amines is 1. The predicted octanol–water partition coefficient (Wildman–Crippen LogP) is 0.489. The first kappa shape index (κ1) is 7.48. The summed E-state index contributed by atoms with van der Waals surface area (Å²) in [5.41, 5.74) is 0.960. The smallest absolute Gasteiger partial charge is 0.277 e. The molecule has 6 heteroatoms. The molecule has 62 valence electrons. The molecule has 2 heterocycles. The number of rotatable bonds is 0. The maximum Gasteiger partial charge on any atom is 0.277 e. The fraction of sp³-hybridized carbons (Fsp3) is 0.167. The molecular formula is C6H5BrN4O. The first-order valence-corrected chi connectivity index (χ1v) is 4.08. The largest absolute Gasteiger partial charge is 0.310 e. The lowest BCUT2D eigenvalue weighted by molar-refractivity contribution is 0.858. The van der Waals surface area contributed by atoms with E-state index in [9.17, 15) is 4.79 Å². The highest BCUT2D eigenvalue weighted by Crippen LogP contribution is 2.10. The fourth-order valence-electron chi connectivity index (χ4n) is 1.06. The Kier molecular flexibility index (Phi) is 1.50. The van der Waals surface area contributed by atoms with Gasteiger partial charge in [0.05, 0.1) is 5.69 Å². The zero-order valence-corrected chi connectivity index (χ0v) is 7.79. The molecule has 12 heavy (non-hydrogen) atoms. The summed E-state index contributed by atoms with van der Waals surface area (Å²) in [5, 5.41) is 3.91. The Bertz CT molecular complexity index is 486. The van der Waals surface area contributed by atoms with Crippen molar-refractivity contribution in [3.8, 4) is 0 Å². The molecule has 2 aromatic heterocycles. The summed E-state index contributed by atoms with van der Waals surface area (Å²) < 4.78 is 2.00. The molecule has 0 amide bonds. The summed E-state index contributed by atoms with van der Waals surface area (Å²) in [4.78, 5) is 17.8. The lowest BCUT2D eigenvalue weighted by Gasteiger charge is -1.90. The molecule has 0 aromatic carbocycles. The first-order chi connectivity index (χ1) is 5.70. The molecule has 0 fully saturated rings. The molecule has 0 saturated heterocycles. The Labute approximate surface area is 75.6 Å². The van der Waals surface area contributed by atoms with Crippen molar-refractivity contribution in [2.24, 2.45) is 0 Å². The molecule has 0 unspecified atom stereocenters. The standard InChI is InChI=1S/C6H5BrN4O/c1-3-4-5(12)8-2-9-11(4)6(7)10-3/h2H,1H3,(H,8,9,12). The highest BCUT2D eigenvalue weighted by Gasteiger charge is 2.08. The van der Waals surface area contributed by atoms with Crippen LogP contribution in [0.3, 0.4) is 0 Å². The highest BCUT2D eigenvalue weighted by atomic mass is 79.9. The van der Waals surface area contributed by atoms with Gasteiger partial charge in [-0.1, -0.05) is 0 Å². The Morgan fingerprint density at radius 2 is 2.42 bits per heavy atom. The van der Waals surface area contributed by atoms with E-state index in [1.54, 1.807) is 6.92 Å². The van der Waals surface area contributed by atoms with Crippen LogP contribution in [0.1, 0.15) is 5.69 Å². The van der Waals surface area contributed by atoms with Gasteiger partial charge >= 0.3 is 0 Å². The van der Waals surface area contributed by atoms with Crippen LogP contribution < -0.4 is 5.56 Å². The van der Waals surface area contributed by atoms with Crippen molar-refractivity contribution in [3.63, 3.8) is 0 Å². The van der Waals surface area contributed by atoms with Gasteiger partial charge < -0.3 is 4.98 Å². The molecule has 1 N–H and O–H groups in total. The summed E-state index contributed by atoms with van der Waals surface area (Å²) in [6, 6.07) is 0. The van der Waals surface area contributed by atoms with Gasteiger partial charge in [0.25, 0.3) is 5.56 Å². The minimum absolute atomic E-state index is 0.180. The first-order valence-electron chi connectivity index (χ1n) is 3.28. The number of hydrogen-bond acceptors (Lipinski definition) is 3. The van der Waals surface area contributed by atoms with Crippen LogP contribution in [-0.4, -0.2) is 19.6 Å². The quantitative estimate of drug-likeness (QED) is 0.714. The second kappa shape index (κ2) is 2.41. The number of nitrogens with zero attached hydrogens (tertiary/aromatic N) is 3. The normalized spacial score (nSPS) is 10.8. The third-order valence-electron chi connectivity index (χ3n) is 1.57. The van der Waals surface area contributed by atoms with Gasteiger partial charge in [0.15, 0.2) is 10.3 Å². The Hall–Kier alpha value is -1.17. The van der Waals surface area contributed by atoms with Crippen molar-refractivity contribution in [1.29, 1.82) is 0 Å². The molecule has 0 aliphatic rings. The van der Waals surface area contributed by atoms with E-state index in [4.69, 9.17) is 0 Å². The van der Waals surface area contributed by atoms with E-state index in [1.807, 2.05) is 0 Å². The van der Waals surface area contributed by atoms with Gasteiger partial charge in [-0.05, 0) is 22.9 Å². The van der Waals surface area contributed by atoms with Crippen LogP contribution in [-0.2, 0) is 0 Å². The van der Waals surface area contributed by atoms with Crippen molar-refractivity contribution in [3.05, 3.63) is 27.1 Å². The van der Waals surface area contributed by atoms with Crippen molar-refractivity contribution >= 4 is 21.4 Å². The number of aryl methyl sites for hydroxylation is 1. The predicted molar refractivity (Wildman–Crippen MR) is 46.0 cm³/mol. The summed E-state index contributed by atoms with van der Waals surface area (Å²) in [7, 11) is 0. The third-order valence-corrected chi connectivity index (χ3v) is 2.09. The van der Waals surface area contributed by atoms with E-state index in [1.165, 1.54) is 10.8 Å². The van der Waals surface area contributed by atoms with Gasteiger partial charge in [-0.15, -0.1) is 0 Å².